The number of piperidine rings is 1. The van der Waals surface area contributed by atoms with E-state index in [9.17, 15) is 4.79 Å². The van der Waals surface area contributed by atoms with Gasteiger partial charge in [-0.15, -0.1) is 0 Å². The molecule has 4 heteroatoms. The molecule has 94 valence electrons. The van der Waals surface area contributed by atoms with Crippen molar-refractivity contribution >= 4 is 5.97 Å². The van der Waals surface area contributed by atoms with E-state index < -0.39 is 0 Å². The maximum absolute atomic E-state index is 11.3. The van der Waals surface area contributed by atoms with Crippen LogP contribution in [0.5, 0.6) is 0 Å². The molecule has 1 heterocycles. The fraction of sp³-hybridized carbons (Fsp3) is 0.917. The third kappa shape index (κ3) is 4.10. The van der Waals surface area contributed by atoms with Gasteiger partial charge in [-0.25, -0.2) is 0 Å². The number of ether oxygens (including phenoxy) is 2. The van der Waals surface area contributed by atoms with E-state index in [1.807, 2.05) is 13.8 Å². The minimum absolute atomic E-state index is 0.0337. The Labute approximate surface area is 97.9 Å². The molecule has 1 aliphatic rings. The van der Waals surface area contributed by atoms with Crippen LogP contribution in [-0.2, 0) is 14.3 Å². The van der Waals surface area contributed by atoms with Crippen molar-refractivity contribution in [3.63, 3.8) is 0 Å². The smallest absolute Gasteiger partial charge is 0.309 e. The quantitative estimate of drug-likeness (QED) is 0.666. The first-order chi connectivity index (χ1) is 7.67. The topological polar surface area (TPSA) is 38.8 Å². The zero-order chi connectivity index (χ0) is 12.0. The van der Waals surface area contributed by atoms with Crippen molar-refractivity contribution < 1.29 is 14.3 Å². The van der Waals surface area contributed by atoms with E-state index in [1.165, 1.54) is 7.11 Å². The maximum Gasteiger partial charge on any atom is 0.309 e. The lowest BCUT2D eigenvalue weighted by Crippen LogP contribution is -2.40. The SMILES string of the molecule is CCOC1CCN(CC(C)C(=O)OC)CC1. The van der Waals surface area contributed by atoms with E-state index in [-0.39, 0.29) is 11.9 Å². The van der Waals surface area contributed by atoms with Crippen molar-refractivity contribution in [3.05, 3.63) is 0 Å². The van der Waals surface area contributed by atoms with Gasteiger partial charge in [-0.1, -0.05) is 6.92 Å². The number of carbonyl (C=O) groups is 1. The van der Waals surface area contributed by atoms with Crippen molar-refractivity contribution in [2.45, 2.75) is 32.8 Å². The van der Waals surface area contributed by atoms with Crippen LogP contribution >= 0.6 is 0 Å². The summed E-state index contributed by atoms with van der Waals surface area (Å²) in [7, 11) is 1.44. The summed E-state index contributed by atoms with van der Waals surface area (Å²) in [6.45, 7) is 7.58. The van der Waals surface area contributed by atoms with Gasteiger partial charge in [0.1, 0.15) is 0 Å². The number of hydrogen-bond donors (Lipinski definition) is 0. The van der Waals surface area contributed by atoms with Gasteiger partial charge in [0.25, 0.3) is 0 Å². The van der Waals surface area contributed by atoms with E-state index in [2.05, 4.69) is 4.90 Å². The number of likely N-dealkylation sites (tertiary alicyclic amines) is 1. The zero-order valence-electron chi connectivity index (χ0n) is 10.6. The van der Waals surface area contributed by atoms with Gasteiger partial charge in [-0.3, -0.25) is 4.79 Å². The largest absolute Gasteiger partial charge is 0.469 e. The van der Waals surface area contributed by atoms with E-state index in [0.29, 0.717) is 6.10 Å². The summed E-state index contributed by atoms with van der Waals surface area (Å²) in [5.74, 6) is -0.152. The second kappa shape index (κ2) is 6.86. The predicted octanol–water partition coefficient (Wildman–Crippen LogP) is 1.30. The molecular formula is C12H23NO3. The number of hydrogen-bond acceptors (Lipinski definition) is 4. The molecule has 4 nitrogen and oxygen atoms in total. The Bertz CT molecular complexity index is 212. The Morgan fingerprint density at radius 2 is 2.06 bits per heavy atom. The number of carbonyl (C=O) groups excluding carboxylic acids is 1. The second-order valence-electron chi connectivity index (χ2n) is 4.38. The van der Waals surface area contributed by atoms with Crippen LogP contribution in [0.3, 0.4) is 0 Å². The van der Waals surface area contributed by atoms with Crippen LogP contribution < -0.4 is 0 Å². The summed E-state index contributed by atoms with van der Waals surface area (Å²) >= 11 is 0. The summed E-state index contributed by atoms with van der Waals surface area (Å²) < 4.78 is 10.3. The molecule has 1 aliphatic heterocycles. The molecule has 1 atom stereocenters. The highest BCUT2D eigenvalue weighted by molar-refractivity contribution is 5.72. The summed E-state index contributed by atoms with van der Waals surface area (Å²) in [5.41, 5.74) is 0. The third-order valence-corrected chi connectivity index (χ3v) is 3.07. The Morgan fingerprint density at radius 3 is 2.56 bits per heavy atom. The summed E-state index contributed by atoms with van der Waals surface area (Å²) in [6.07, 6.45) is 2.55. The molecule has 0 amide bonds. The van der Waals surface area contributed by atoms with Gasteiger partial charge >= 0.3 is 5.97 Å². The summed E-state index contributed by atoms with van der Waals surface area (Å²) in [5, 5.41) is 0. The molecule has 0 radical (unpaired) electrons. The monoisotopic (exact) mass is 229 g/mol. The van der Waals surface area contributed by atoms with E-state index in [0.717, 1.165) is 39.1 Å². The Balaban J connectivity index is 2.24. The first kappa shape index (κ1) is 13.5. The van der Waals surface area contributed by atoms with Crippen LogP contribution in [0.25, 0.3) is 0 Å². The van der Waals surface area contributed by atoms with Crippen LogP contribution in [-0.4, -0.2) is 50.3 Å². The fourth-order valence-corrected chi connectivity index (χ4v) is 2.16. The van der Waals surface area contributed by atoms with Crippen molar-refractivity contribution in [2.24, 2.45) is 5.92 Å². The standard InChI is InChI=1S/C12H23NO3/c1-4-16-11-5-7-13(8-6-11)9-10(2)12(14)15-3/h10-11H,4-9H2,1-3H3. The number of methoxy groups -OCH3 is 1. The molecule has 0 aromatic rings. The van der Waals surface area contributed by atoms with Gasteiger partial charge < -0.3 is 14.4 Å². The Kier molecular flexibility index (Phi) is 5.77. The second-order valence-corrected chi connectivity index (χ2v) is 4.38. The predicted molar refractivity (Wildman–Crippen MR) is 62.3 cm³/mol. The van der Waals surface area contributed by atoms with E-state index >= 15 is 0 Å². The Morgan fingerprint density at radius 1 is 1.44 bits per heavy atom. The first-order valence-electron chi connectivity index (χ1n) is 6.09. The lowest BCUT2D eigenvalue weighted by molar-refractivity contribution is -0.145. The van der Waals surface area contributed by atoms with Crippen LogP contribution in [0.2, 0.25) is 0 Å². The van der Waals surface area contributed by atoms with Crippen LogP contribution in [0, 0.1) is 5.92 Å². The van der Waals surface area contributed by atoms with Gasteiger partial charge in [-0.05, 0) is 19.8 Å². The highest BCUT2D eigenvalue weighted by atomic mass is 16.5. The molecule has 0 spiro atoms. The highest BCUT2D eigenvalue weighted by Crippen LogP contribution is 2.15. The van der Waals surface area contributed by atoms with Crippen LogP contribution in [0.1, 0.15) is 26.7 Å². The first-order valence-corrected chi connectivity index (χ1v) is 6.09. The molecule has 1 rings (SSSR count). The summed E-state index contributed by atoms with van der Waals surface area (Å²) in [6, 6.07) is 0. The third-order valence-electron chi connectivity index (χ3n) is 3.07. The van der Waals surface area contributed by atoms with E-state index in [1.54, 1.807) is 0 Å². The molecule has 0 bridgehead atoms. The molecule has 1 fully saturated rings. The van der Waals surface area contributed by atoms with Gasteiger partial charge in [0.2, 0.25) is 0 Å². The zero-order valence-corrected chi connectivity index (χ0v) is 10.6. The lowest BCUT2D eigenvalue weighted by Gasteiger charge is -2.32. The van der Waals surface area contributed by atoms with E-state index in [4.69, 9.17) is 9.47 Å². The highest BCUT2D eigenvalue weighted by Gasteiger charge is 2.23. The average molecular weight is 229 g/mol. The molecule has 1 unspecified atom stereocenters. The summed E-state index contributed by atoms with van der Waals surface area (Å²) in [4.78, 5) is 13.6. The normalized spacial score (nSPS) is 20.7. The number of nitrogens with zero attached hydrogens (tertiary/aromatic N) is 1. The van der Waals surface area contributed by atoms with Crippen LogP contribution in [0.4, 0.5) is 0 Å². The fourth-order valence-electron chi connectivity index (χ4n) is 2.16. The Hall–Kier alpha value is -0.610. The molecule has 0 saturated carbocycles. The molecule has 0 aromatic heterocycles. The maximum atomic E-state index is 11.3. The van der Waals surface area contributed by atoms with Gasteiger partial charge in [0.15, 0.2) is 0 Å². The molecule has 0 aliphatic carbocycles. The minimum atomic E-state index is -0.119. The molecule has 1 saturated heterocycles. The van der Waals surface area contributed by atoms with Crippen molar-refractivity contribution in [1.29, 1.82) is 0 Å². The van der Waals surface area contributed by atoms with Crippen LogP contribution in [0.15, 0.2) is 0 Å². The average Bonchev–Trinajstić information content (AvgIpc) is 2.31. The minimum Gasteiger partial charge on any atom is -0.469 e. The van der Waals surface area contributed by atoms with Gasteiger partial charge in [0.05, 0.1) is 19.1 Å². The lowest BCUT2D eigenvalue weighted by atomic mass is 10.1. The number of esters is 1. The molecule has 0 aromatic carbocycles. The molecular weight excluding hydrogens is 206 g/mol. The molecule has 16 heavy (non-hydrogen) atoms. The van der Waals surface area contributed by atoms with Crippen molar-refractivity contribution in [1.82, 2.24) is 4.90 Å². The van der Waals surface area contributed by atoms with Crippen molar-refractivity contribution in [3.8, 4) is 0 Å². The number of rotatable bonds is 5. The van der Waals surface area contributed by atoms with Crippen molar-refractivity contribution in [2.75, 3.05) is 33.4 Å². The van der Waals surface area contributed by atoms with Gasteiger partial charge in [-0.2, -0.15) is 0 Å². The molecule has 0 N–H and O–H groups in total. The van der Waals surface area contributed by atoms with Gasteiger partial charge in [0, 0.05) is 26.2 Å².